The SMILES string of the molecule is CC(C)CC(NC(N)=O)C(=O)N(CC(=O)O)CC(=O)O. The Kier molecular flexibility index (Phi) is 7.05. The van der Waals surface area contributed by atoms with Crippen molar-refractivity contribution in [1.82, 2.24) is 10.2 Å². The quantitative estimate of drug-likeness (QED) is 0.453. The summed E-state index contributed by atoms with van der Waals surface area (Å²) in [6.45, 7) is 2.06. The number of carbonyl (C=O) groups excluding carboxylic acids is 2. The molecule has 0 aliphatic carbocycles. The van der Waals surface area contributed by atoms with Gasteiger partial charge in [0, 0.05) is 0 Å². The van der Waals surface area contributed by atoms with E-state index in [0.29, 0.717) is 4.90 Å². The van der Waals surface area contributed by atoms with Crippen molar-refractivity contribution in [2.75, 3.05) is 13.1 Å². The van der Waals surface area contributed by atoms with Crippen LogP contribution in [0.3, 0.4) is 0 Å². The number of nitrogens with zero attached hydrogens (tertiary/aromatic N) is 1. The summed E-state index contributed by atoms with van der Waals surface area (Å²) in [5.74, 6) is -3.46. The predicted molar refractivity (Wildman–Crippen MR) is 67.8 cm³/mol. The first-order chi connectivity index (χ1) is 9.13. The summed E-state index contributed by atoms with van der Waals surface area (Å²) in [4.78, 5) is 45.0. The highest BCUT2D eigenvalue weighted by Gasteiger charge is 2.28. The molecule has 0 bridgehead atoms. The summed E-state index contributed by atoms with van der Waals surface area (Å²) in [5.41, 5.74) is 4.96. The Balaban J connectivity index is 5.05. The number of urea groups is 1. The van der Waals surface area contributed by atoms with Crippen molar-refractivity contribution in [3.05, 3.63) is 0 Å². The van der Waals surface area contributed by atoms with E-state index in [2.05, 4.69) is 5.32 Å². The molecule has 9 heteroatoms. The van der Waals surface area contributed by atoms with Crippen molar-refractivity contribution in [3.63, 3.8) is 0 Å². The molecule has 1 atom stereocenters. The van der Waals surface area contributed by atoms with Crippen molar-refractivity contribution >= 4 is 23.9 Å². The van der Waals surface area contributed by atoms with Crippen LogP contribution in [0.1, 0.15) is 20.3 Å². The lowest BCUT2D eigenvalue weighted by Crippen LogP contribution is -2.52. The van der Waals surface area contributed by atoms with Gasteiger partial charge in [-0.25, -0.2) is 4.79 Å². The van der Waals surface area contributed by atoms with E-state index in [4.69, 9.17) is 15.9 Å². The zero-order chi connectivity index (χ0) is 15.9. The molecular weight excluding hydrogens is 270 g/mol. The molecule has 1 unspecified atom stereocenters. The van der Waals surface area contributed by atoms with E-state index in [9.17, 15) is 19.2 Å². The summed E-state index contributed by atoms with van der Waals surface area (Å²) < 4.78 is 0. The fraction of sp³-hybridized carbons (Fsp3) is 0.636. The molecule has 0 heterocycles. The number of aliphatic carboxylic acids is 2. The van der Waals surface area contributed by atoms with Crippen molar-refractivity contribution < 1.29 is 29.4 Å². The molecule has 0 radical (unpaired) electrons. The first-order valence-electron chi connectivity index (χ1n) is 5.91. The summed E-state index contributed by atoms with van der Waals surface area (Å²) >= 11 is 0. The highest BCUT2D eigenvalue weighted by molar-refractivity contribution is 5.90. The highest BCUT2D eigenvalue weighted by Crippen LogP contribution is 2.08. The number of amides is 3. The van der Waals surface area contributed by atoms with E-state index in [1.54, 1.807) is 13.8 Å². The largest absolute Gasteiger partial charge is 0.480 e. The molecule has 0 aromatic rings. The molecule has 3 amide bonds. The van der Waals surface area contributed by atoms with Gasteiger partial charge in [0.2, 0.25) is 5.91 Å². The monoisotopic (exact) mass is 289 g/mol. The van der Waals surface area contributed by atoms with E-state index in [1.165, 1.54) is 0 Å². The Hall–Kier alpha value is -2.32. The molecule has 5 N–H and O–H groups in total. The summed E-state index contributed by atoms with van der Waals surface area (Å²) in [6, 6.07) is -1.99. The van der Waals surface area contributed by atoms with Crippen LogP contribution < -0.4 is 11.1 Å². The third-order valence-corrected chi connectivity index (χ3v) is 2.29. The first kappa shape index (κ1) is 17.7. The van der Waals surface area contributed by atoms with Gasteiger partial charge in [0.1, 0.15) is 19.1 Å². The third kappa shape index (κ3) is 7.19. The molecule has 0 saturated carbocycles. The average Bonchev–Trinajstić information content (AvgIpc) is 2.23. The van der Waals surface area contributed by atoms with Gasteiger partial charge >= 0.3 is 18.0 Å². The fourth-order valence-corrected chi connectivity index (χ4v) is 1.62. The van der Waals surface area contributed by atoms with Crippen LogP contribution in [-0.4, -0.2) is 58.1 Å². The van der Waals surface area contributed by atoms with E-state index in [0.717, 1.165) is 0 Å². The van der Waals surface area contributed by atoms with E-state index < -0.39 is 43.0 Å². The minimum atomic E-state index is -1.35. The highest BCUT2D eigenvalue weighted by atomic mass is 16.4. The molecule has 9 nitrogen and oxygen atoms in total. The molecule has 0 aromatic carbocycles. The first-order valence-corrected chi connectivity index (χ1v) is 5.91. The van der Waals surface area contributed by atoms with Gasteiger partial charge in [-0.3, -0.25) is 14.4 Å². The Bertz CT molecular complexity index is 380. The molecular formula is C11H19N3O6. The van der Waals surface area contributed by atoms with Crippen molar-refractivity contribution in [2.24, 2.45) is 11.7 Å². The van der Waals surface area contributed by atoms with Gasteiger partial charge in [-0.15, -0.1) is 0 Å². The third-order valence-electron chi connectivity index (χ3n) is 2.29. The smallest absolute Gasteiger partial charge is 0.323 e. The Morgan fingerprint density at radius 1 is 1.10 bits per heavy atom. The summed E-state index contributed by atoms with van der Waals surface area (Å²) in [6.07, 6.45) is 0.220. The zero-order valence-corrected chi connectivity index (χ0v) is 11.3. The van der Waals surface area contributed by atoms with Gasteiger partial charge in [-0.05, 0) is 12.3 Å². The maximum Gasteiger partial charge on any atom is 0.323 e. The number of carboxylic acid groups (broad SMARTS) is 2. The fourth-order valence-electron chi connectivity index (χ4n) is 1.62. The Morgan fingerprint density at radius 3 is 1.85 bits per heavy atom. The van der Waals surface area contributed by atoms with Crippen LogP contribution in [-0.2, 0) is 14.4 Å². The number of carbonyl (C=O) groups is 4. The van der Waals surface area contributed by atoms with Crippen LogP contribution in [0.25, 0.3) is 0 Å². The van der Waals surface area contributed by atoms with Crippen molar-refractivity contribution in [2.45, 2.75) is 26.3 Å². The second-order valence-corrected chi connectivity index (χ2v) is 4.67. The van der Waals surface area contributed by atoms with Crippen molar-refractivity contribution in [1.29, 1.82) is 0 Å². The van der Waals surface area contributed by atoms with E-state index in [1.807, 2.05) is 0 Å². The molecule has 114 valence electrons. The molecule has 0 aromatic heterocycles. The van der Waals surface area contributed by atoms with Crippen molar-refractivity contribution in [3.8, 4) is 0 Å². The van der Waals surface area contributed by atoms with Gasteiger partial charge in [-0.1, -0.05) is 13.8 Å². The van der Waals surface area contributed by atoms with E-state index >= 15 is 0 Å². The number of rotatable bonds is 8. The van der Waals surface area contributed by atoms with Gasteiger partial charge in [0.25, 0.3) is 0 Å². The lowest BCUT2D eigenvalue weighted by molar-refractivity contribution is -0.150. The molecule has 0 aliphatic rings. The summed E-state index contributed by atoms with van der Waals surface area (Å²) in [7, 11) is 0. The normalized spacial score (nSPS) is 11.8. The van der Waals surface area contributed by atoms with E-state index in [-0.39, 0.29) is 12.3 Å². The Labute approximate surface area is 115 Å². The molecule has 0 aliphatic heterocycles. The van der Waals surface area contributed by atoms with Crippen LogP contribution >= 0.6 is 0 Å². The lowest BCUT2D eigenvalue weighted by atomic mass is 10.0. The van der Waals surface area contributed by atoms with Crippen LogP contribution in [0.5, 0.6) is 0 Å². The lowest BCUT2D eigenvalue weighted by Gasteiger charge is -2.25. The van der Waals surface area contributed by atoms with Gasteiger partial charge in [-0.2, -0.15) is 0 Å². The maximum atomic E-state index is 12.1. The molecule has 0 saturated heterocycles. The topological polar surface area (TPSA) is 150 Å². The summed E-state index contributed by atoms with van der Waals surface area (Å²) in [5, 5.41) is 19.6. The van der Waals surface area contributed by atoms with Gasteiger partial charge in [0.15, 0.2) is 0 Å². The minimum absolute atomic E-state index is 0.0207. The number of hydrogen-bond donors (Lipinski definition) is 4. The van der Waals surface area contributed by atoms with Crippen LogP contribution in [0.15, 0.2) is 0 Å². The second kappa shape index (κ2) is 7.97. The standard InChI is InChI=1S/C11H19N3O6/c1-6(2)3-7(13-11(12)20)10(19)14(4-8(15)16)5-9(17)18/h6-7H,3-5H2,1-2H3,(H,15,16)(H,17,18)(H3,12,13,20). The number of carboxylic acids is 2. The number of hydrogen-bond acceptors (Lipinski definition) is 4. The van der Waals surface area contributed by atoms with Crippen LogP contribution in [0.2, 0.25) is 0 Å². The number of nitrogens with one attached hydrogen (secondary N) is 1. The Morgan fingerprint density at radius 2 is 1.55 bits per heavy atom. The predicted octanol–water partition coefficient (Wildman–Crippen LogP) is -0.933. The van der Waals surface area contributed by atoms with Gasteiger partial charge < -0.3 is 26.2 Å². The number of primary amides is 1. The molecule has 0 spiro atoms. The number of nitrogens with two attached hydrogens (primary N) is 1. The average molecular weight is 289 g/mol. The van der Waals surface area contributed by atoms with Crippen LogP contribution in [0, 0.1) is 5.92 Å². The second-order valence-electron chi connectivity index (χ2n) is 4.67. The maximum absolute atomic E-state index is 12.1. The minimum Gasteiger partial charge on any atom is -0.480 e. The molecule has 20 heavy (non-hydrogen) atoms. The zero-order valence-electron chi connectivity index (χ0n) is 11.3. The molecule has 0 fully saturated rings. The van der Waals surface area contributed by atoms with Crippen LogP contribution in [0.4, 0.5) is 4.79 Å². The molecule has 0 rings (SSSR count). The van der Waals surface area contributed by atoms with Gasteiger partial charge in [0.05, 0.1) is 0 Å².